The SMILES string of the molecule is CNC1(C#N)CCCC1CCN1CC(C)C(N(C)C)C1. The number of likely N-dealkylation sites (N-methyl/N-ethyl adjacent to an activating group) is 1. The average Bonchev–Trinajstić information content (AvgIpc) is 3.00. The molecule has 20 heavy (non-hydrogen) atoms. The van der Waals surface area contributed by atoms with Crippen LogP contribution in [0.4, 0.5) is 0 Å². The molecule has 1 N–H and O–H groups in total. The van der Waals surface area contributed by atoms with Crippen LogP contribution in [0.5, 0.6) is 0 Å². The Morgan fingerprint density at radius 2 is 2.15 bits per heavy atom. The topological polar surface area (TPSA) is 42.3 Å². The summed E-state index contributed by atoms with van der Waals surface area (Å²) in [6, 6.07) is 3.23. The van der Waals surface area contributed by atoms with Crippen LogP contribution in [0.1, 0.15) is 32.6 Å². The molecule has 0 aromatic carbocycles. The fraction of sp³-hybridized carbons (Fsp3) is 0.938. The van der Waals surface area contributed by atoms with E-state index in [1.807, 2.05) is 7.05 Å². The third-order valence-electron chi connectivity index (χ3n) is 5.57. The van der Waals surface area contributed by atoms with Crippen LogP contribution in [-0.4, -0.2) is 62.2 Å². The van der Waals surface area contributed by atoms with Crippen LogP contribution in [0.3, 0.4) is 0 Å². The van der Waals surface area contributed by atoms with E-state index in [0.717, 1.165) is 25.3 Å². The molecule has 2 rings (SSSR count). The van der Waals surface area contributed by atoms with E-state index in [1.54, 1.807) is 0 Å². The lowest BCUT2D eigenvalue weighted by Gasteiger charge is -2.29. The van der Waals surface area contributed by atoms with Crippen molar-refractivity contribution in [3.8, 4) is 6.07 Å². The minimum atomic E-state index is -0.258. The molecule has 4 heteroatoms. The molecule has 4 atom stereocenters. The van der Waals surface area contributed by atoms with Gasteiger partial charge in [0, 0.05) is 19.1 Å². The second-order valence-corrected chi connectivity index (χ2v) is 6.98. The van der Waals surface area contributed by atoms with Gasteiger partial charge in [-0.3, -0.25) is 0 Å². The van der Waals surface area contributed by atoms with Gasteiger partial charge in [-0.2, -0.15) is 5.26 Å². The molecule has 0 spiro atoms. The Morgan fingerprint density at radius 3 is 2.70 bits per heavy atom. The van der Waals surface area contributed by atoms with Gasteiger partial charge in [-0.15, -0.1) is 0 Å². The molecule has 2 aliphatic rings. The van der Waals surface area contributed by atoms with Crippen molar-refractivity contribution in [2.24, 2.45) is 11.8 Å². The van der Waals surface area contributed by atoms with E-state index in [9.17, 15) is 5.26 Å². The van der Waals surface area contributed by atoms with Crippen molar-refractivity contribution in [1.82, 2.24) is 15.1 Å². The Bertz CT molecular complexity index is 362. The Kier molecular flexibility index (Phi) is 5.06. The van der Waals surface area contributed by atoms with Crippen LogP contribution in [0.2, 0.25) is 0 Å². The number of nitrogens with zero attached hydrogens (tertiary/aromatic N) is 3. The molecule has 1 aliphatic carbocycles. The molecular formula is C16H30N4. The minimum absolute atomic E-state index is 0.258. The standard InChI is InChI=1S/C16H30N4/c1-13-10-20(11-15(13)19(3)4)9-7-14-6-5-8-16(14,12-17)18-2/h13-15,18H,5-11H2,1-4H3. The molecule has 4 unspecified atom stereocenters. The molecule has 1 heterocycles. The molecule has 0 bridgehead atoms. The van der Waals surface area contributed by atoms with Crippen molar-refractivity contribution in [1.29, 1.82) is 5.26 Å². The van der Waals surface area contributed by atoms with Gasteiger partial charge >= 0.3 is 0 Å². The number of rotatable bonds is 5. The number of hydrogen-bond acceptors (Lipinski definition) is 4. The molecule has 0 radical (unpaired) electrons. The maximum Gasteiger partial charge on any atom is 0.109 e. The van der Waals surface area contributed by atoms with Gasteiger partial charge in [0.15, 0.2) is 0 Å². The summed E-state index contributed by atoms with van der Waals surface area (Å²) in [4.78, 5) is 4.94. The Labute approximate surface area is 124 Å². The zero-order chi connectivity index (χ0) is 14.8. The van der Waals surface area contributed by atoms with Crippen molar-refractivity contribution >= 4 is 0 Å². The molecule has 0 aromatic heterocycles. The van der Waals surface area contributed by atoms with Crippen molar-refractivity contribution in [2.75, 3.05) is 40.8 Å². The van der Waals surface area contributed by atoms with Gasteiger partial charge in [-0.25, -0.2) is 0 Å². The first-order chi connectivity index (χ1) is 9.52. The summed E-state index contributed by atoms with van der Waals surface area (Å²) in [5, 5.41) is 12.8. The van der Waals surface area contributed by atoms with Gasteiger partial charge in [-0.1, -0.05) is 13.3 Å². The van der Waals surface area contributed by atoms with Gasteiger partial charge in [0.25, 0.3) is 0 Å². The third-order valence-corrected chi connectivity index (χ3v) is 5.57. The van der Waals surface area contributed by atoms with Crippen LogP contribution in [0.25, 0.3) is 0 Å². The highest BCUT2D eigenvalue weighted by atomic mass is 15.2. The largest absolute Gasteiger partial charge is 0.305 e. The summed E-state index contributed by atoms with van der Waals surface area (Å²) in [7, 11) is 6.31. The number of hydrogen-bond donors (Lipinski definition) is 1. The Morgan fingerprint density at radius 1 is 1.40 bits per heavy atom. The molecule has 1 saturated carbocycles. The van der Waals surface area contributed by atoms with E-state index in [1.165, 1.54) is 25.9 Å². The van der Waals surface area contributed by atoms with Crippen molar-refractivity contribution < 1.29 is 0 Å². The van der Waals surface area contributed by atoms with E-state index in [2.05, 4.69) is 42.2 Å². The quantitative estimate of drug-likeness (QED) is 0.828. The summed E-state index contributed by atoms with van der Waals surface area (Å²) in [5.41, 5.74) is -0.258. The summed E-state index contributed by atoms with van der Waals surface area (Å²) >= 11 is 0. The van der Waals surface area contributed by atoms with E-state index in [0.29, 0.717) is 12.0 Å². The first kappa shape index (κ1) is 15.8. The van der Waals surface area contributed by atoms with Crippen LogP contribution in [0, 0.1) is 23.2 Å². The molecule has 1 saturated heterocycles. The van der Waals surface area contributed by atoms with Crippen LogP contribution >= 0.6 is 0 Å². The maximum absolute atomic E-state index is 9.50. The zero-order valence-corrected chi connectivity index (χ0v) is 13.5. The van der Waals surface area contributed by atoms with Crippen molar-refractivity contribution in [3.63, 3.8) is 0 Å². The van der Waals surface area contributed by atoms with Crippen LogP contribution < -0.4 is 5.32 Å². The van der Waals surface area contributed by atoms with Crippen LogP contribution in [-0.2, 0) is 0 Å². The van der Waals surface area contributed by atoms with Gasteiger partial charge in [-0.05, 0) is 58.8 Å². The molecular weight excluding hydrogens is 248 g/mol. The van der Waals surface area contributed by atoms with E-state index in [4.69, 9.17) is 0 Å². The lowest BCUT2D eigenvalue weighted by atomic mass is 9.86. The Balaban J connectivity index is 1.86. The normalized spacial score (nSPS) is 38.5. The summed E-state index contributed by atoms with van der Waals surface area (Å²) < 4.78 is 0. The Hall–Kier alpha value is -0.630. The maximum atomic E-state index is 9.50. The predicted molar refractivity (Wildman–Crippen MR) is 82.4 cm³/mol. The van der Waals surface area contributed by atoms with Gasteiger partial charge < -0.3 is 15.1 Å². The second kappa shape index (κ2) is 6.43. The third kappa shape index (κ3) is 3.00. The zero-order valence-electron chi connectivity index (χ0n) is 13.5. The molecule has 4 nitrogen and oxygen atoms in total. The monoisotopic (exact) mass is 278 g/mol. The fourth-order valence-corrected chi connectivity index (χ4v) is 4.24. The number of nitriles is 1. The summed E-state index contributed by atoms with van der Waals surface area (Å²) in [6.45, 7) is 5.88. The summed E-state index contributed by atoms with van der Waals surface area (Å²) in [6.07, 6.45) is 4.56. The number of likely N-dealkylation sites (tertiary alicyclic amines) is 1. The molecule has 0 amide bonds. The molecule has 1 aliphatic heterocycles. The first-order valence-corrected chi connectivity index (χ1v) is 8.01. The first-order valence-electron chi connectivity index (χ1n) is 8.01. The van der Waals surface area contributed by atoms with E-state index < -0.39 is 0 Å². The highest BCUT2D eigenvalue weighted by Gasteiger charge is 2.42. The van der Waals surface area contributed by atoms with E-state index >= 15 is 0 Å². The molecule has 114 valence electrons. The highest BCUT2D eigenvalue weighted by molar-refractivity contribution is 5.13. The fourth-order valence-electron chi connectivity index (χ4n) is 4.24. The smallest absolute Gasteiger partial charge is 0.109 e. The minimum Gasteiger partial charge on any atom is -0.305 e. The lowest BCUT2D eigenvalue weighted by molar-refractivity contribution is 0.234. The van der Waals surface area contributed by atoms with Gasteiger partial charge in [0.2, 0.25) is 0 Å². The average molecular weight is 278 g/mol. The van der Waals surface area contributed by atoms with Crippen LogP contribution in [0.15, 0.2) is 0 Å². The summed E-state index contributed by atoms with van der Waals surface area (Å²) in [5.74, 6) is 1.27. The second-order valence-electron chi connectivity index (χ2n) is 6.98. The molecule has 0 aromatic rings. The molecule has 2 fully saturated rings. The van der Waals surface area contributed by atoms with Gasteiger partial charge in [0.1, 0.15) is 5.54 Å². The predicted octanol–water partition coefficient (Wildman–Crippen LogP) is 1.54. The lowest BCUT2D eigenvalue weighted by Crippen LogP contribution is -2.45. The number of nitrogens with one attached hydrogen (secondary N) is 1. The van der Waals surface area contributed by atoms with E-state index in [-0.39, 0.29) is 5.54 Å². The van der Waals surface area contributed by atoms with Crippen molar-refractivity contribution in [2.45, 2.75) is 44.2 Å². The van der Waals surface area contributed by atoms with Gasteiger partial charge in [0.05, 0.1) is 6.07 Å². The van der Waals surface area contributed by atoms with Crippen molar-refractivity contribution in [3.05, 3.63) is 0 Å². The highest BCUT2D eigenvalue weighted by Crippen LogP contribution is 2.37.